The maximum absolute atomic E-state index is 12.7. The number of pyridine rings is 1. The Hall–Kier alpha value is -7.08. The minimum atomic E-state index is -0.691. The summed E-state index contributed by atoms with van der Waals surface area (Å²) >= 11 is 0. The third-order valence-electron chi connectivity index (χ3n) is 12.4. The second-order valence-corrected chi connectivity index (χ2v) is 20.5. The molecule has 2 aromatic carbocycles. The van der Waals surface area contributed by atoms with Crippen molar-refractivity contribution in [2.24, 2.45) is 47.4 Å². The summed E-state index contributed by atoms with van der Waals surface area (Å²) in [5.41, 5.74) is 20.7. The number of nitrogens with zero attached hydrogens (tertiary/aromatic N) is 3. The van der Waals surface area contributed by atoms with Crippen molar-refractivity contribution < 1.29 is 62.2 Å². The maximum atomic E-state index is 12.7. The highest BCUT2D eigenvalue weighted by Crippen LogP contribution is 2.50. The average Bonchev–Trinajstić information content (AvgIpc) is 4.38. The van der Waals surface area contributed by atoms with Gasteiger partial charge in [0.05, 0.1) is 90.6 Å². The summed E-state index contributed by atoms with van der Waals surface area (Å²) in [6.07, 6.45) is 10.6. The van der Waals surface area contributed by atoms with Gasteiger partial charge in [0, 0.05) is 67.4 Å². The quantitative estimate of drug-likeness (QED) is 0.0184. The van der Waals surface area contributed by atoms with Gasteiger partial charge in [0.25, 0.3) is 11.8 Å². The number of ether oxygens (including phenoxy) is 7. The zero-order chi connectivity index (χ0) is 58.3. The molecule has 22 nitrogen and oxygen atoms in total. The van der Waals surface area contributed by atoms with Gasteiger partial charge in [0.1, 0.15) is 11.4 Å². The molecule has 0 spiro atoms. The van der Waals surface area contributed by atoms with Crippen LogP contribution in [0.5, 0.6) is 11.6 Å². The summed E-state index contributed by atoms with van der Waals surface area (Å²) in [6.45, 7) is 12.8. The number of anilines is 1. The van der Waals surface area contributed by atoms with E-state index in [1.54, 1.807) is 44.3 Å². The monoisotopic (exact) mass is 1110 g/mol. The number of aryl methyl sites for hydroxylation is 1. The minimum Gasteiger partial charge on any atom is -0.481 e. The van der Waals surface area contributed by atoms with Gasteiger partial charge in [0.15, 0.2) is 0 Å². The Morgan fingerprint density at radius 2 is 1.30 bits per heavy atom. The minimum absolute atomic E-state index is 0.0737. The highest BCUT2D eigenvalue weighted by molar-refractivity contribution is 6.23. The fraction of sp³-hybridized carbons (Fsp3) is 0.517. The van der Waals surface area contributed by atoms with Crippen LogP contribution in [0.4, 0.5) is 5.69 Å². The van der Waals surface area contributed by atoms with Crippen LogP contribution in [0, 0.1) is 28.6 Å². The zero-order valence-corrected chi connectivity index (χ0v) is 47.0. The molecular weight excluding hydrogens is 1030 g/mol. The molecule has 2 aromatic heterocycles. The summed E-state index contributed by atoms with van der Waals surface area (Å²) in [6, 6.07) is 18.7. The molecule has 2 fully saturated rings. The van der Waals surface area contributed by atoms with Gasteiger partial charge in [-0.1, -0.05) is 39.0 Å². The van der Waals surface area contributed by atoms with Gasteiger partial charge in [-0.25, -0.2) is 4.98 Å². The van der Waals surface area contributed by atoms with Crippen LogP contribution >= 0.6 is 0 Å². The molecular formula is C58H83N9O13. The van der Waals surface area contributed by atoms with Gasteiger partial charge >= 0.3 is 5.97 Å². The number of nitrogens with one attached hydrogen (secondary N) is 3. The smallest absolute Gasteiger partial charge is 0.303 e. The summed E-state index contributed by atoms with van der Waals surface area (Å²) in [5, 5.41) is 26.5. The molecule has 80 heavy (non-hydrogen) atoms. The van der Waals surface area contributed by atoms with Crippen molar-refractivity contribution in [3.63, 3.8) is 0 Å². The van der Waals surface area contributed by atoms with E-state index in [1.165, 1.54) is 54.9 Å². The van der Waals surface area contributed by atoms with Crippen molar-refractivity contribution >= 4 is 46.6 Å². The number of nitrogens with two attached hydrogens (primary N) is 3. The standard InChI is InChI=1S/C45H60N6O10.C8H16O2.C5H7N3O/c1-31(46)43(34-9-12-37(13-10-34)51-41(52)28-39(32-5-6-32)33-7-8-33)40(47)30-60-26-25-59-24-23-58-22-21-57-20-19-56-18-17-55-16-15-49-45(54)35-3-2-4-38(27-35)61-42-14-11-36(29-50-42)44(48)53;1-8(2,3)6-4-5-7(9)10;1-8-4(5(6)9)2-3-7-8/h2-4,9-14,27,29,32-33,39,47H,5-8,15-26,28,30,46H2,1H3,(H2,48,53)(H,49,54)(H,51,52);4-6H2,1-3H3,(H,9,10);2-3H,1H3,(H2,6,9)/b43-31-,47-40?;;. The molecule has 2 aliphatic carbocycles. The summed E-state index contributed by atoms with van der Waals surface area (Å²) in [7, 11) is 1.67. The molecule has 6 rings (SSSR count). The number of hydrogen-bond donors (Lipinski definition) is 7. The zero-order valence-electron chi connectivity index (χ0n) is 47.0. The Bertz CT molecular complexity index is 2560. The SMILES string of the molecule is C/C(N)=C(/C(=N)COCCOCCOCCOCCOCCOCCNC(=O)c1cccc(Oc2ccc(C(N)=O)cn2)c1)c1ccc(NC(=O)CC(C2CC2)C2CC2)cc1.CC(C)(C)CCCC(=O)O.Cn1nccc1C(N)=O. The molecule has 0 bridgehead atoms. The van der Waals surface area contributed by atoms with Crippen LogP contribution in [0.3, 0.4) is 0 Å². The predicted octanol–water partition coefficient (Wildman–Crippen LogP) is 6.78. The van der Waals surface area contributed by atoms with Crippen molar-refractivity contribution in [1.82, 2.24) is 20.1 Å². The van der Waals surface area contributed by atoms with Crippen LogP contribution in [-0.2, 0) is 45.1 Å². The first kappa shape index (κ1) is 65.4. The van der Waals surface area contributed by atoms with Crippen LogP contribution in [0.2, 0.25) is 0 Å². The highest BCUT2D eigenvalue weighted by atomic mass is 16.6. The van der Waals surface area contributed by atoms with E-state index in [0.717, 1.165) is 35.9 Å². The number of carbonyl (C=O) groups excluding carboxylic acids is 4. The van der Waals surface area contributed by atoms with Gasteiger partial charge in [-0.2, -0.15) is 5.10 Å². The van der Waals surface area contributed by atoms with E-state index in [2.05, 4.69) is 41.5 Å². The molecule has 0 saturated heterocycles. The van der Waals surface area contributed by atoms with E-state index in [9.17, 15) is 24.0 Å². The summed E-state index contributed by atoms with van der Waals surface area (Å²) in [5.74, 6) is 0.769. The average molecular weight is 1110 g/mol. The van der Waals surface area contributed by atoms with Crippen LogP contribution in [0.1, 0.15) is 116 Å². The van der Waals surface area contributed by atoms with E-state index in [0.29, 0.717) is 126 Å². The molecule has 0 aliphatic heterocycles. The van der Waals surface area contributed by atoms with Crippen LogP contribution in [-0.4, -0.2) is 141 Å². The second-order valence-electron chi connectivity index (χ2n) is 20.5. The Morgan fingerprint density at radius 3 is 1.76 bits per heavy atom. The maximum Gasteiger partial charge on any atom is 0.303 e. The topological polar surface area (TPSA) is 327 Å². The fourth-order valence-electron chi connectivity index (χ4n) is 8.03. The first-order chi connectivity index (χ1) is 38.3. The van der Waals surface area contributed by atoms with Crippen molar-refractivity contribution in [2.75, 3.05) is 91.1 Å². The molecule has 0 unspecified atom stereocenters. The number of carboxylic acids is 1. The molecule has 2 saturated carbocycles. The molecule has 2 heterocycles. The van der Waals surface area contributed by atoms with Crippen LogP contribution < -0.4 is 32.6 Å². The molecule has 438 valence electrons. The molecule has 4 aromatic rings. The normalized spacial score (nSPS) is 13.2. The van der Waals surface area contributed by atoms with Gasteiger partial charge in [-0.05, 0) is 117 Å². The lowest BCUT2D eigenvalue weighted by Gasteiger charge is -2.16. The lowest BCUT2D eigenvalue weighted by molar-refractivity contribution is -0.137. The third kappa shape index (κ3) is 27.2. The Labute approximate surface area is 469 Å². The summed E-state index contributed by atoms with van der Waals surface area (Å²) < 4.78 is 40.5. The number of primary amides is 2. The molecule has 22 heteroatoms. The molecule has 4 amide bonds. The van der Waals surface area contributed by atoms with Gasteiger partial charge in [-0.15, -0.1) is 0 Å². The first-order valence-corrected chi connectivity index (χ1v) is 27.0. The number of rotatable bonds is 35. The second kappa shape index (κ2) is 35.5. The van der Waals surface area contributed by atoms with E-state index in [1.807, 2.05) is 24.3 Å². The van der Waals surface area contributed by atoms with Gasteiger partial charge in [-0.3, -0.25) is 28.7 Å². The number of hydrogen-bond acceptors (Lipinski definition) is 16. The van der Waals surface area contributed by atoms with Crippen molar-refractivity contribution in [3.8, 4) is 11.6 Å². The number of allylic oxidation sites excluding steroid dienone is 1. The van der Waals surface area contributed by atoms with Crippen molar-refractivity contribution in [3.05, 3.63) is 107 Å². The number of carboxylic acid groups (broad SMARTS) is 1. The van der Waals surface area contributed by atoms with Crippen molar-refractivity contribution in [1.29, 1.82) is 5.41 Å². The van der Waals surface area contributed by atoms with Crippen LogP contribution in [0.25, 0.3) is 5.57 Å². The molecule has 2 aliphatic rings. The Balaban J connectivity index is 0.000000610. The number of amides is 4. The predicted molar refractivity (Wildman–Crippen MR) is 302 cm³/mol. The Morgan fingerprint density at radius 1 is 0.738 bits per heavy atom. The number of aliphatic carboxylic acids is 1. The first-order valence-electron chi connectivity index (χ1n) is 27.0. The summed E-state index contributed by atoms with van der Waals surface area (Å²) in [4.78, 5) is 61.0. The van der Waals surface area contributed by atoms with Gasteiger partial charge in [0.2, 0.25) is 17.7 Å². The number of aromatic nitrogens is 3. The largest absolute Gasteiger partial charge is 0.481 e. The number of benzene rings is 2. The fourth-order valence-corrected chi connectivity index (χ4v) is 8.03. The van der Waals surface area contributed by atoms with Gasteiger partial charge < -0.3 is 71.5 Å². The number of carbonyl (C=O) groups is 5. The molecule has 0 radical (unpaired) electrons. The third-order valence-corrected chi connectivity index (χ3v) is 12.4. The van der Waals surface area contributed by atoms with Crippen LogP contribution in [0.15, 0.2) is 84.8 Å². The highest BCUT2D eigenvalue weighted by Gasteiger charge is 2.42. The van der Waals surface area contributed by atoms with E-state index < -0.39 is 17.8 Å². The lowest BCUT2D eigenvalue weighted by atomic mass is 9.90. The van der Waals surface area contributed by atoms with Crippen molar-refractivity contribution in [2.45, 2.75) is 79.1 Å². The van der Waals surface area contributed by atoms with E-state index >= 15 is 0 Å². The van der Waals surface area contributed by atoms with E-state index in [4.69, 9.17) is 60.9 Å². The Kier molecular flexibility index (Phi) is 29.1. The van der Waals surface area contributed by atoms with E-state index in [-0.39, 0.29) is 41.0 Å². The molecule has 10 N–H and O–H groups in total. The molecule has 0 atom stereocenters. The lowest BCUT2D eigenvalue weighted by Crippen LogP contribution is -2.27.